The fourth-order valence-corrected chi connectivity index (χ4v) is 5.25. The zero-order valence-corrected chi connectivity index (χ0v) is 22.0. The van der Waals surface area contributed by atoms with Gasteiger partial charge in [-0.3, -0.25) is 14.4 Å². The highest BCUT2D eigenvalue weighted by atomic mass is 16.7. The van der Waals surface area contributed by atoms with Crippen LogP contribution in [0.1, 0.15) is 36.8 Å². The number of carboxylic acids is 1. The summed E-state index contributed by atoms with van der Waals surface area (Å²) in [4.78, 5) is 53.7. The molecule has 2 saturated heterocycles. The number of rotatable bonds is 4. The third-order valence-electron chi connectivity index (χ3n) is 7.26. The van der Waals surface area contributed by atoms with Crippen LogP contribution < -0.4 is 15.4 Å². The molecule has 2 aromatic carbocycles. The van der Waals surface area contributed by atoms with Gasteiger partial charge in [0.2, 0.25) is 17.7 Å². The fourth-order valence-electron chi connectivity index (χ4n) is 5.25. The summed E-state index contributed by atoms with van der Waals surface area (Å²) in [6.45, 7) is 1.32. The average molecular weight is 552 g/mol. The average Bonchev–Trinajstić information content (AvgIpc) is 3.36. The Balaban J connectivity index is 1.51. The molecular formula is C29H33N3O8. The minimum Gasteiger partial charge on any atom is -0.480 e. The van der Waals surface area contributed by atoms with E-state index in [1.54, 1.807) is 30.3 Å². The minimum absolute atomic E-state index is 0.000310. The number of ether oxygens (including phenoxy) is 3. The lowest BCUT2D eigenvalue weighted by Crippen LogP contribution is -2.57. The predicted octanol–water partition coefficient (Wildman–Crippen LogP) is 1.78. The van der Waals surface area contributed by atoms with Gasteiger partial charge in [0.1, 0.15) is 29.6 Å². The molecule has 0 saturated carbocycles. The lowest BCUT2D eigenvalue weighted by atomic mass is 10.0. The molecule has 0 radical (unpaired) electrons. The Hall–Kier alpha value is -3.96. The summed E-state index contributed by atoms with van der Waals surface area (Å²) in [6.07, 6.45) is 1.15. The Morgan fingerprint density at radius 2 is 1.57 bits per heavy atom. The number of amides is 3. The molecule has 11 nitrogen and oxygen atoms in total. The molecule has 3 N–H and O–H groups in total. The maximum atomic E-state index is 13.8. The lowest BCUT2D eigenvalue weighted by molar-refractivity contribution is -0.185. The van der Waals surface area contributed by atoms with E-state index in [1.165, 1.54) is 4.90 Å². The van der Waals surface area contributed by atoms with E-state index < -0.39 is 42.2 Å². The SMILES string of the molecule is O=C(O)C1Cc2cccc(c2)Oc2cccc(c2)CC(N2CCCC2=O)C(=O)N[C@@H](CC2OCCCO2)C(=O)N1. The molecule has 2 unspecified atom stereocenters. The van der Waals surface area contributed by atoms with E-state index in [4.69, 9.17) is 14.2 Å². The van der Waals surface area contributed by atoms with E-state index in [-0.39, 0.29) is 25.2 Å². The standard InChI is InChI=1S/C29H33N3O8/c33-25-9-3-10-32(25)24-16-19-6-2-8-21(14-19)40-20-7-1-5-18(13-20)15-23(29(36)37)31-27(34)22(30-28(24)35)17-26-38-11-4-12-39-26/h1-2,5-8,13-14,22-24,26H,3-4,9-12,15-17H2,(H,30,35)(H,31,34)(H,36,37)/t22-,23?,24?/m0/s1. The van der Waals surface area contributed by atoms with Crippen molar-refractivity contribution in [2.24, 2.45) is 0 Å². The first-order valence-electron chi connectivity index (χ1n) is 13.6. The third-order valence-corrected chi connectivity index (χ3v) is 7.26. The van der Waals surface area contributed by atoms with Gasteiger partial charge in [-0.1, -0.05) is 24.3 Å². The summed E-state index contributed by atoms with van der Waals surface area (Å²) in [7, 11) is 0. The van der Waals surface area contributed by atoms with Gasteiger partial charge in [-0.05, 0) is 48.2 Å². The van der Waals surface area contributed by atoms with Gasteiger partial charge < -0.3 is 34.9 Å². The first-order valence-corrected chi connectivity index (χ1v) is 13.6. The van der Waals surface area contributed by atoms with Crippen LogP contribution in [-0.4, -0.2) is 77.9 Å². The van der Waals surface area contributed by atoms with E-state index in [0.717, 1.165) is 5.56 Å². The van der Waals surface area contributed by atoms with Gasteiger partial charge in [0.15, 0.2) is 6.29 Å². The van der Waals surface area contributed by atoms with Crippen molar-refractivity contribution in [1.29, 1.82) is 0 Å². The molecule has 40 heavy (non-hydrogen) atoms. The molecule has 212 valence electrons. The zero-order chi connectivity index (χ0) is 28.1. The number of hydrogen-bond acceptors (Lipinski definition) is 7. The van der Waals surface area contributed by atoms with Crippen LogP contribution in [0.5, 0.6) is 11.5 Å². The molecule has 3 atom stereocenters. The molecule has 0 aromatic heterocycles. The Morgan fingerprint density at radius 1 is 0.900 bits per heavy atom. The predicted molar refractivity (Wildman–Crippen MR) is 142 cm³/mol. The topological polar surface area (TPSA) is 144 Å². The maximum absolute atomic E-state index is 13.8. The summed E-state index contributed by atoms with van der Waals surface area (Å²) in [6, 6.07) is 11.0. The van der Waals surface area contributed by atoms with Crippen LogP contribution in [0.3, 0.4) is 0 Å². The van der Waals surface area contributed by atoms with Crippen molar-refractivity contribution >= 4 is 23.7 Å². The molecule has 3 aliphatic heterocycles. The monoisotopic (exact) mass is 551 g/mol. The Kier molecular flexibility index (Phi) is 8.61. The third kappa shape index (κ3) is 6.78. The van der Waals surface area contributed by atoms with Gasteiger partial charge in [-0.25, -0.2) is 4.79 Å². The molecule has 5 rings (SSSR count). The highest BCUT2D eigenvalue weighted by Gasteiger charge is 2.37. The number of aliphatic carboxylic acids is 1. The number of fused-ring (bicyclic) bond motifs is 4. The van der Waals surface area contributed by atoms with Crippen molar-refractivity contribution in [3.8, 4) is 11.5 Å². The van der Waals surface area contributed by atoms with Crippen LogP contribution in [-0.2, 0) is 41.5 Å². The van der Waals surface area contributed by atoms with Gasteiger partial charge in [0, 0.05) is 32.2 Å². The van der Waals surface area contributed by atoms with Crippen LogP contribution in [0.25, 0.3) is 0 Å². The van der Waals surface area contributed by atoms with Crippen molar-refractivity contribution in [2.45, 2.75) is 62.9 Å². The molecule has 4 bridgehead atoms. The van der Waals surface area contributed by atoms with Crippen molar-refractivity contribution in [3.63, 3.8) is 0 Å². The van der Waals surface area contributed by atoms with Gasteiger partial charge in [0.25, 0.3) is 0 Å². The highest BCUT2D eigenvalue weighted by Crippen LogP contribution is 2.26. The van der Waals surface area contributed by atoms with E-state index in [9.17, 15) is 24.3 Å². The number of hydrogen-bond donors (Lipinski definition) is 3. The maximum Gasteiger partial charge on any atom is 0.326 e. The van der Waals surface area contributed by atoms with Crippen LogP contribution in [0.2, 0.25) is 0 Å². The molecule has 11 heteroatoms. The summed E-state index contributed by atoms with van der Waals surface area (Å²) in [5.41, 5.74) is 1.44. The quantitative estimate of drug-likeness (QED) is 0.522. The van der Waals surface area contributed by atoms with E-state index >= 15 is 0 Å². The Labute approximate surface area is 231 Å². The second-order valence-electron chi connectivity index (χ2n) is 10.2. The molecule has 3 aliphatic rings. The molecule has 0 spiro atoms. The lowest BCUT2D eigenvalue weighted by Gasteiger charge is -2.31. The number of likely N-dealkylation sites (tertiary alicyclic amines) is 1. The van der Waals surface area contributed by atoms with Gasteiger partial charge in [-0.15, -0.1) is 0 Å². The Bertz CT molecular complexity index is 1260. The number of carbonyl (C=O) groups is 4. The smallest absolute Gasteiger partial charge is 0.326 e. The molecule has 3 heterocycles. The van der Waals surface area contributed by atoms with Crippen molar-refractivity contribution < 1.29 is 38.5 Å². The van der Waals surface area contributed by atoms with Crippen LogP contribution in [0, 0.1) is 0 Å². The minimum atomic E-state index is -1.26. The number of benzene rings is 2. The number of carbonyl (C=O) groups excluding carboxylic acids is 3. The number of nitrogens with zero attached hydrogens (tertiary/aromatic N) is 1. The molecular weight excluding hydrogens is 518 g/mol. The van der Waals surface area contributed by atoms with Crippen molar-refractivity contribution in [1.82, 2.24) is 15.5 Å². The molecule has 2 aromatic rings. The number of nitrogens with one attached hydrogen (secondary N) is 2. The Morgan fingerprint density at radius 3 is 2.20 bits per heavy atom. The molecule has 3 amide bonds. The normalized spacial score (nSPS) is 24.6. The first kappa shape index (κ1) is 27.6. The molecule has 0 aliphatic carbocycles. The second kappa shape index (κ2) is 12.5. The zero-order valence-electron chi connectivity index (χ0n) is 22.0. The van der Waals surface area contributed by atoms with E-state index in [1.807, 2.05) is 18.2 Å². The van der Waals surface area contributed by atoms with E-state index in [2.05, 4.69) is 10.6 Å². The van der Waals surface area contributed by atoms with Crippen LogP contribution in [0.15, 0.2) is 48.5 Å². The summed E-state index contributed by atoms with van der Waals surface area (Å²) >= 11 is 0. The van der Waals surface area contributed by atoms with Crippen LogP contribution >= 0.6 is 0 Å². The van der Waals surface area contributed by atoms with Crippen molar-refractivity contribution in [3.05, 3.63) is 59.7 Å². The highest BCUT2D eigenvalue weighted by molar-refractivity contribution is 5.94. The van der Waals surface area contributed by atoms with Gasteiger partial charge >= 0.3 is 5.97 Å². The van der Waals surface area contributed by atoms with Gasteiger partial charge in [0.05, 0.1) is 13.2 Å². The van der Waals surface area contributed by atoms with Crippen LogP contribution in [0.4, 0.5) is 0 Å². The van der Waals surface area contributed by atoms with Crippen molar-refractivity contribution in [2.75, 3.05) is 19.8 Å². The second-order valence-corrected chi connectivity index (χ2v) is 10.2. The number of carboxylic acid groups (broad SMARTS) is 1. The molecule has 2 fully saturated rings. The first-order chi connectivity index (χ1) is 19.4. The summed E-state index contributed by atoms with van der Waals surface area (Å²) in [5.74, 6) is -1.49. The largest absolute Gasteiger partial charge is 0.480 e. The fraction of sp³-hybridized carbons (Fsp3) is 0.448. The van der Waals surface area contributed by atoms with Gasteiger partial charge in [-0.2, -0.15) is 0 Å². The van der Waals surface area contributed by atoms with E-state index in [0.29, 0.717) is 56.1 Å². The summed E-state index contributed by atoms with van der Waals surface area (Å²) in [5, 5.41) is 15.3. The summed E-state index contributed by atoms with van der Waals surface area (Å²) < 4.78 is 17.3.